The molecule has 2 rings (SSSR count). The van der Waals surface area contributed by atoms with Crippen LogP contribution in [0.1, 0.15) is 10.4 Å². The van der Waals surface area contributed by atoms with Gasteiger partial charge < -0.3 is 15.2 Å². The van der Waals surface area contributed by atoms with Crippen LogP contribution in [0.5, 0.6) is 0 Å². The predicted octanol–water partition coefficient (Wildman–Crippen LogP) is 0.893. The van der Waals surface area contributed by atoms with Crippen LogP contribution >= 0.6 is 0 Å². The number of morpholine rings is 1. The van der Waals surface area contributed by atoms with Gasteiger partial charge in [0, 0.05) is 13.1 Å². The van der Waals surface area contributed by atoms with Crippen LogP contribution in [-0.4, -0.2) is 48.4 Å². The molecular weight excluding hydrogens is 269 g/mol. The van der Waals surface area contributed by atoms with Crippen molar-refractivity contribution >= 4 is 17.7 Å². The van der Waals surface area contributed by atoms with Crippen LogP contribution in [0.2, 0.25) is 0 Å². The number of carboxylic acids is 1. The molecule has 108 valence electrons. The second-order valence-corrected chi connectivity index (χ2v) is 4.17. The Morgan fingerprint density at radius 2 is 2.00 bits per heavy atom. The predicted molar refractivity (Wildman–Crippen MR) is 67.9 cm³/mol. The highest BCUT2D eigenvalue weighted by atomic mass is 19.1. The Kier molecular flexibility index (Phi) is 4.49. The Labute approximate surface area is 114 Å². The van der Waals surface area contributed by atoms with E-state index in [0.717, 1.165) is 18.2 Å². The lowest BCUT2D eigenvalue weighted by Gasteiger charge is -2.26. The molecule has 0 atom stereocenters. The number of carbonyl (C=O) groups is 2. The van der Waals surface area contributed by atoms with Gasteiger partial charge in [-0.2, -0.15) is 0 Å². The summed E-state index contributed by atoms with van der Waals surface area (Å²) in [6, 6.07) is 2.56. The fraction of sp³-hybridized carbons (Fsp3) is 0.333. The highest BCUT2D eigenvalue weighted by Gasteiger charge is 2.15. The van der Waals surface area contributed by atoms with E-state index in [1.165, 1.54) is 0 Å². The lowest BCUT2D eigenvalue weighted by molar-refractivity contribution is 0.0207. The number of hydrazine groups is 1. The van der Waals surface area contributed by atoms with E-state index in [-0.39, 0.29) is 11.3 Å². The topological polar surface area (TPSA) is 90.9 Å². The largest absolute Gasteiger partial charge is 0.478 e. The molecule has 0 saturated carbocycles. The number of anilines is 1. The van der Waals surface area contributed by atoms with Crippen molar-refractivity contribution in [3.05, 3.63) is 29.6 Å². The summed E-state index contributed by atoms with van der Waals surface area (Å²) in [5.41, 5.74) is 2.24. The first-order chi connectivity index (χ1) is 9.56. The number of amides is 2. The SMILES string of the molecule is O=C(Nc1cc(C(=O)O)ccc1F)NN1CCOCC1. The zero-order valence-electron chi connectivity index (χ0n) is 10.6. The Bertz CT molecular complexity index is 517. The smallest absolute Gasteiger partial charge is 0.335 e. The van der Waals surface area contributed by atoms with Crippen molar-refractivity contribution in [3.8, 4) is 0 Å². The number of urea groups is 1. The molecule has 1 aromatic carbocycles. The molecule has 1 fully saturated rings. The van der Waals surface area contributed by atoms with Crippen molar-refractivity contribution < 1.29 is 23.8 Å². The number of benzene rings is 1. The number of aromatic carboxylic acids is 1. The summed E-state index contributed by atoms with van der Waals surface area (Å²) in [7, 11) is 0. The summed E-state index contributed by atoms with van der Waals surface area (Å²) in [4.78, 5) is 22.5. The normalized spacial score (nSPS) is 15.7. The zero-order valence-corrected chi connectivity index (χ0v) is 10.6. The van der Waals surface area contributed by atoms with Crippen LogP contribution < -0.4 is 10.7 Å². The number of hydrogen-bond donors (Lipinski definition) is 3. The molecule has 8 heteroatoms. The van der Waals surface area contributed by atoms with Gasteiger partial charge in [0.1, 0.15) is 5.82 Å². The molecule has 0 bridgehead atoms. The highest BCUT2D eigenvalue weighted by Crippen LogP contribution is 2.16. The third-order valence-corrected chi connectivity index (χ3v) is 2.73. The number of nitrogens with one attached hydrogen (secondary N) is 2. The Morgan fingerprint density at radius 1 is 1.30 bits per heavy atom. The number of hydrogen-bond acceptors (Lipinski definition) is 4. The Morgan fingerprint density at radius 3 is 2.65 bits per heavy atom. The summed E-state index contributed by atoms with van der Waals surface area (Å²) < 4.78 is 18.6. The van der Waals surface area contributed by atoms with Crippen molar-refractivity contribution in [2.75, 3.05) is 31.6 Å². The molecular formula is C12H14FN3O4. The van der Waals surface area contributed by atoms with Crippen molar-refractivity contribution in [2.45, 2.75) is 0 Å². The van der Waals surface area contributed by atoms with Gasteiger partial charge in [-0.1, -0.05) is 0 Å². The zero-order chi connectivity index (χ0) is 14.5. The summed E-state index contributed by atoms with van der Waals surface area (Å²) >= 11 is 0. The van der Waals surface area contributed by atoms with E-state index >= 15 is 0 Å². The second-order valence-electron chi connectivity index (χ2n) is 4.17. The van der Waals surface area contributed by atoms with Gasteiger partial charge in [0.25, 0.3) is 0 Å². The quantitative estimate of drug-likeness (QED) is 0.766. The molecule has 20 heavy (non-hydrogen) atoms. The average molecular weight is 283 g/mol. The third-order valence-electron chi connectivity index (χ3n) is 2.73. The molecule has 1 heterocycles. The van der Waals surface area contributed by atoms with Gasteiger partial charge in [-0.3, -0.25) is 5.43 Å². The Hall–Kier alpha value is -2.19. The Balaban J connectivity index is 1.99. The molecule has 0 aliphatic carbocycles. The summed E-state index contributed by atoms with van der Waals surface area (Å²) in [6.45, 7) is 2.07. The number of ether oxygens (including phenoxy) is 1. The molecule has 2 amide bonds. The minimum atomic E-state index is -1.19. The number of carbonyl (C=O) groups excluding carboxylic acids is 1. The van der Waals surface area contributed by atoms with Crippen LogP contribution in [0.4, 0.5) is 14.9 Å². The van der Waals surface area contributed by atoms with E-state index in [4.69, 9.17) is 9.84 Å². The van der Waals surface area contributed by atoms with E-state index in [2.05, 4.69) is 10.7 Å². The maximum Gasteiger partial charge on any atom is 0.335 e. The highest BCUT2D eigenvalue weighted by molar-refractivity contribution is 5.93. The number of nitrogens with zero attached hydrogens (tertiary/aromatic N) is 1. The third kappa shape index (κ3) is 3.65. The number of rotatable bonds is 3. The van der Waals surface area contributed by atoms with Gasteiger partial charge in [0.2, 0.25) is 0 Å². The molecule has 0 aromatic heterocycles. The molecule has 0 radical (unpaired) electrons. The van der Waals surface area contributed by atoms with Gasteiger partial charge in [0.05, 0.1) is 24.5 Å². The lowest BCUT2D eigenvalue weighted by atomic mass is 10.2. The van der Waals surface area contributed by atoms with Crippen LogP contribution in [0.3, 0.4) is 0 Å². The molecule has 3 N–H and O–H groups in total. The average Bonchev–Trinajstić information content (AvgIpc) is 2.42. The minimum Gasteiger partial charge on any atom is -0.478 e. The standard InChI is InChI=1S/C12H14FN3O4/c13-9-2-1-8(11(17)18)7-10(9)14-12(19)15-16-3-5-20-6-4-16/h1-2,7H,3-6H2,(H,17,18)(H2,14,15,19). The molecule has 1 aromatic rings. The van der Waals surface area contributed by atoms with Gasteiger partial charge >= 0.3 is 12.0 Å². The first-order valence-electron chi connectivity index (χ1n) is 5.99. The lowest BCUT2D eigenvalue weighted by Crippen LogP contribution is -2.49. The van der Waals surface area contributed by atoms with Gasteiger partial charge in [-0.15, -0.1) is 0 Å². The fourth-order valence-corrected chi connectivity index (χ4v) is 1.72. The van der Waals surface area contributed by atoms with E-state index in [1.807, 2.05) is 0 Å². The van der Waals surface area contributed by atoms with Gasteiger partial charge in [-0.25, -0.2) is 19.0 Å². The van der Waals surface area contributed by atoms with Crippen LogP contribution in [0.25, 0.3) is 0 Å². The molecule has 1 saturated heterocycles. The van der Waals surface area contributed by atoms with E-state index in [1.54, 1.807) is 5.01 Å². The van der Waals surface area contributed by atoms with Crippen LogP contribution in [0.15, 0.2) is 18.2 Å². The minimum absolute atomic E-state index is 0.104. The first kappa shape index (κ1) is 14.2. The summed E-state index contributed by atoms with van der Waals surface area (Å²) in [5.74, 6) is -1.89. The molecule has 1 aliphatic rings. The molecule has 7 nitrogen and oxygen atoms in total. The van der Waals surface area contributed by atoms with E-state index < -0.39 is 17.8 Å². The van der Waals surface area contributed by atoms with Crippen LogP contribution in [-0.2, 0) is 4.74 Å². The molecule has 0 spiro atoms. The summed E-state index contributed by atoms with van der Waals surface area (Å²) in [6.07, 6.45) is 0. The monoisotopic (exact) mass is 283 g/mol. The first-order valence-corrected chi connectivity index (χ1v) is 5.99. The molecule has 0 unspecified atom stereocenters. The second kappa shape index (κ2) is 6.31. The molecule has 1 aliphatic heterocycles. The van der Waals surface area contributed by atoms with Crippen molar-refractivity contribution in [2.24, 2.45) is 0 Å². The van der Waals surface area contributed by atoms with Gasteiger partial charge in [-0.05, 0) is 18.2 Å². The van der Waals surface area contributed by atoms with E-state index in [9.17, 15) is 14.0 Å². The van der Waals surface area contributed by atoms with E-state index in [0.29, 0.717) is 26.3 Å². The summed E-state index contributed by atoms with van der Waals surface area (Å²) in [5, 5.41) is 12.7. The van der Waals surface area contributed by atoms with Gasteiger partial charge in [0.15, 0.2) is 0 Å². The number of carboxylic acid groups (broad SMARTS) is 1. The van der Waals surface area contributed by atoms with Crippen molar-refractivity contribution in [1.29, 1.82) is 0 Å². The van der Waals surface area contributed by atoms with Crippen molar-refractivity contribution in [3.63, 3.8) is 0 Å². The van der Waals surface area contributed by atoms with Crippen LogP contribution in [0, 0.1) is 5.82 Å². The van der Waals surface area contributed by atoms with Crippen molar-refractivity contribution in [1.82, 2.24) is 10.4 Å². The maximum absolute atomic E-state index is 13.5. The fourth-order valence-electron chi connectivity index (χ4n) is 1.72. The number of halogens is 1. The maximum atomic E-state index is 13.5.